The summed E-state index contributed by atoms with van der Waals surface area (Å²) in [7, 11) is 1.58. The summed E-state index contributed by atoms with van der Waals surface area (Å²) in [6.07, 6.45) is 2.42. The Labute approximate surface area is 197 Å². The maximum Gasteiger partial charge on any atom is 0.374 e. The zero-order chi connectivity index (χ0) is 25.0. The fourth-order valence-corrected chi connectivity index (χ4v) is 3.45. The van der Waals surface area contributed by atoms with Crippen LogP contribution in [0.3, 0.4) is 0 Å². The highest BCUT2D eigenvalue weighted by molar-refractivity contribution is 7.98. The van der Waals surface area contributed by atoms with Crippen LogP contribution in [-0.2, 0) is 30.4 Å². The number of hydrogen-bond acceptors (Lipinski definition) is 8. The molecule has 0 heterocycles. The molecule has 5 N–H and O–H groups in total. The molecule has 10 nitrogen and oxygen atoms in total. The first-order valence-electron chi connectivity index (χ1n) is 10.5. The van der Waals surface area contributed by atoms with E-state index >= 15 is 0 Å². The van der Waals surface area contributed by atoms with E-state index in [0.717, 1.165) is 5.56 Å². The van der Waals surface area contributed by atoms with E-state index in [1.807, 2.05) is 36.6 Å². The summed E-state index contributed by atoms with van der Waals surface area (Å²) >= 11 is 1.46. The van der Waals surface area contributed by atoms with Crippen LogP contribution in [0, 0.1) is 5.92 Å². The third-order valence-corrected chi connectivity index (χ3v) is 5.56. The van der Waals surface area contributed by atoms with Crippen LogP contribution in [0.4, 0.5) is 0 Å². The Bertz CT molecular complexity index is 833. The van der Waals surface area contributed by atoms with Gasteiger partial charge >= 0.3 is 11.9 Å². The molecule has 0 aliphatic heterocycles. The smallest absolute Gasteiger partial charge is 0.374 e. The van der Waals surface area contributed by atoms with E-state index in [2.05, 4.69) is 21.5 Å². The molecule has 182 valence electrons. The minimum atomic E-state index is -1.64. The van der Waals surface area contributed by atoms with E-state index in [1.54, 1.807) is 20.9 Å². The van der Waals surface area contributed by atoms with Crippen molar-refractivity contribution in [1.29, 1.82) is 0 Å². The van der Waals surface area contributed by atoms with Crippen molar-refractivity contribution in [2.75, 3.05) is 19.1 Å². The van der Waals surface area contributed by atoms with Crippen molar-refractivity contribution in [2.24, 2.45) is 5.92 Å². The predicted molar refractivity (Wildman–Crippen MR) is 125 cm³/mol. The summed E-state index contributed by atoms with van der Waals surface area (Å²) in [6.45, 7) is 3.22. The normalized spacial score (nSPS) is 13.6. The maximum atomic E-state index is 12.7. The van der Waals surface area contributed by atoms with Gasteiger partial charge in [0.1, 0.15) is 12.1 Å². The van der Waals surface area contributed by atoms with Crippen molar-refractivity contribution in [3.8, 4) is 0 Å². The Morgan fingerprint density at radius 1 is 1.00 bits per heavy atom. The monoisotopic (exact) mass is 480 g/mol. The highest BCUT2D eigenvalue weighted by Gasteiger charge is 2.32. The Morgan fingerprint density at radius 3 is 2.15 bits per heavy atom. The molecule has 0 spiro atoms. The minimum Gasteiger partial charge on any atom is -0.475 e. The molecule has 0 aliphatic carbocycles. The second kappa shape index (κ2) is 14.4. The SMILES string of the molecule is CN[C@@H](Cc1ccccc1)C(=O)C(=O)NN[C@@H](CCSC)C(=O)N[C@H](C(=O)C(=O)O)C(C)C. The standard InChI is InChI=1S/C22H32N4O6S/c1-13(2)17(19(28)22(31)32)24-20(29)15(10-11-33-4)25-26-21(30)18(27)16(23-3)12-14-8-6-5-7-9-14/h5-9,13,15-17,23,25H,10-12H2,1-4H3,(H,24,29)(H,26,30)(H,31,32)/t15-,16-,17-/m0/s1. The molecule has 0 bridgehead atoms. The molecule has 0 radical (unpaired) electrons. The van der Waals surface area contributed by atoms with Crippen LogP contribution in [0.1, 0.15) is 25.8 Å². The van der Waals surface area contributed by atoms with Crippen LogP contribution in [0.25, 0.3) is 0 Å². The Balaban J connectivity index is 2.81. The highest BCUT2D eigenvalue weighted by Crippen LogP contribution is 2.07. The summed E-state index contributed by atoms with van der Waals surface area (Å²) in [5.41, 5.74) is 5.72. The second-order valence-corrected chi connectivity index (χ2v) is 8.71. The fourth-order valence-electron chi connectivity index (χ4n) is 2.97. The summed E-state index contributed by atoms with van der Waals surface area (Å²) in [4.78, 5) is 60.7. The van der Waals surface area contributed by atoms with Crippen molar-refractivity contribution in [2.45, 2.75) is 44.8 Å². The van der Waals surface area contributed by atoms with Crippen molar-refractivity contribution in [1.82, 2.24) is 21.5 Å². The molecule has 3 atom stereocenters. The maximum absolute atomic E-state index is 12.7. The van der Waals surface area contributed by atoms with Gasteiger partial charge in [0, 0.05) is 0 Å². The molecule has 0 aliphatic rings. The van der Waals surface area contributed by atoms with E-state index < -0.39 is 53.4 Å². The van der Waals surface area contributed by atoms with E-state index in [9.17, 15) is 24.0 Å². The number of carbonyl (C=O) groups is 5. The topological polar surface area (TPSA) is 154 Å². The molecule has 1 aromatic carbocycles. The number of aliphatic carboxylic acids is 1. The van der Waals surface area contributed by atoms with Gasteiger partial charge in [0.15, 0.2) is 0 Å². The molecule has 0 saturated carbocycles. The Hall–Kier alpha value is -2.76. The van der Waals surface area contributed by atoms with Gasteiger partial charge in [0.2, 0.25) is 11.7 Å². The summed E-state index contributed by atoms with van der Waals surface area (Å²) in [5, 5.41) is 14.3. The van der Waals surface area contributed by atoms with E-state index in [1.165, 1.54) is 11.8 Å². The highest BCUT2D eigenvalue weighted by atomic mass is 32.2. The first-order valence-corrected chi connectivity index (χ1v) is 11.9. The van der Waals surface area contributed by atoms with Gasteiger partial charge < -0.3 is 15.7 Å². The minimum absolute atomic E-state index is 0.271. The lowest BCUT2D eigenvalue weighted by Crippen LogP contribution is -2.58. The van der Waals surface area contributed by atoms with Gasteiger partial charge in [-0.1, -0.05) is 44.2 Å². The Kier molecular flexibility index (Phi) is 12.3. The van der Waals surface area contributed by atoms with Crippen LogP contribution in [0.5, 0.6) is 0 Å². The molecule has 0 unspecified atom stereocenters. The third kappa shape index (κ3) is 9.32. The van der Waals surface area contributed by atoms with Gasteiger partial charge in [-0.2, -0.15) is 11.8 Å². The van der Waals surface area contributed by atoms with Crippen molar-refractivity contribution in [3.05, 3.63) is 35.9 Å². The number of hydrazine groups is 1. The number of likely N-dealkylation sites (N-methyl/N-ethyl adjacent to an activating group) is 1. The lowest BCUT2D eigenvalue weighted by atomic mass is 9.99. The number of carboxylic acids is 1. The van der Waals surface area contributed by atoms with E-state index in [4.69, 9.17) is 5.11 Å². The summed E-state index contributed by atoms with van der Waals surface area (Å²) in [5.74, 6) is -4.96. The zero-order valence-corrected chi connectivity index (χ0v) is 20.0. The van der Waals surface area contributed by atoms with Crippen LogP contribution in [-0.4, -0.2) is 71.6 Å². The molecular weight excluding hydrogens is 448 g/mol. The van der Waals surface area contributed by atoms with Gasteiger partial charge in [-0.05, 0) is 43.4 Å². The van der Waals surface area contributed by atoms with Crippen molar-refractivity contribution >= 4 is 41.1 Å². The zero-order valence-electron chi connectivity index (χ0n) is 19.2. The number of amides is 2. The number of carbonyl (C=O) groups excluding carboxylic acids is 4. The third-order valence-electron chi connectivity index (χ3n) is 4.92. The number of nitrogens with one attached hydrogen (secondary N) is 4. The molecule has 0 aromatic heterocycles. The molecule has 2 amide bonds. The Morgan fingerprint density at radius 2 is 1.64 bits per heavy atom. The molecule has 33 heavy (non-hydrogen) atoms. The molecule has 1 rings (SSSR count). The van der Waals surface area contributed by atoms with Gasteiger partial charge in [0.25, 0.3) is 5.78 Å². The van der Waals surface area contributed by atoms with Crippen LogP contribution in [0.15, 0.2) is 30.3 Å². The summed E-state index contributed by atoms with van der Waals surface area (Å²) < 4.78 is 0. The average Bonchev–Trinajstić information content (AvgIpc) is 2.80. The van der Waals surface area contributed by atoms with E-state index in [0.29, 0.717) is 12.2 Å². The number of Topliss-reactive ketones (excluding diaryl/α,β-unsaturated/α-hetero) is 2. The molecule has 0 saturated heterocycles. The average molecular weight is 481 g/mol. The van der Waals surface area contributed by atoms with Crippen LogP contribution in [0.2, 0.25) is 0 Å². The first-order chi connectivity index (χ1) is 15.6. The van der Waals surface area contributed by atoms with E-state index in [-0.39, 0.29) is 6.42 Å². The number of ketones is 2. The largest absolute Gasteiger partial charge is 0.475 e. The van der Waals surface area contributed by atoms with Gasteiger partial charge in [0.05, 0.1) is 6.04 Å². The first kappa shape index (κ1) is 28.3. The van der Waals surface area contributed by atoms with Crippen molar-refractivity contribution in [3.63, 3.8) is 0 Å². The lowest BCUT2D eigenvalue weighted by Gasteiger charge is -2.24. The van der Waals surface area contributed by atoms with Gasteiger partial charge in [-0.15, -0.1) is 0 Å². The van der Waals surface area contributed by atoms with Crippen LogP contribution >= 0.6 is 11.8 Å². The van der Waals surface area contributed by atoms with Crippen molar-refractivity contribution < 1.29 is 29.1 Å². The number of carboxylic acid groups (broad SMARTS) is 1. The number of hydrogen-bond donors (Lipinski definition) is 5. The number of benzene rings is 1. The lowest BCUT2D eigenvalue weighted by molar-refractivity contribution is -0.151. The molecule has 0 fully saturated rings. The number of rotatable bonds is 15. The molecule has 1 aromatic rings. The second-order valence-electron chi connectivity index (χ2n) is 7.73. The number of thioether (sulfide) groups is 1. The van der Waals surface area contributed by atoms with Gasteiger partial charge in [-0.3, -0.25) is 24.6 Å². The molecular formula is C22H32N4O6S. The quantitative estimate of drug-likeness (QED) is 0.171. The predicted octanol–water partition coefficient (Wildman–Crippen LogP) is -0.0768. The molecule has 11 heteroatoms. The summed E-state index contributed by atoms with van der Waals surface area (Å²) in [6, 6.07) is 6.27. The van der Waals surface area contributed by atoms with Crippen LogP contribution < -0.4 is 21.5 Å². The van der Waals surface area contributed by atoms with Gasteiger partial charge in [-0.25, -0.2) is 10.2 Å². The fraction of sp³-hybridized carbons (Fsp3) is 0.500.